The van der Waals surface area contributed by atoms with E-state index in [1.54, 1.807) is 11.2 Å². The molecule has 0 spiro atoms. The van der Waals surface area contributed by atoms with Gasteiger partial charge in [0.15, 0.2) is 5.13 Å². The van der Waals surface area contributed by atoms with E-state index in [0.717, 1.165) is 32.7 Å². The molecule has 27 heavy (non-hydrogen) atoms. The maximum atomic E-state index is 13.2. The number of rotatable bonds is 5. The molecule has 136 valence electrons. The first-order chi connectivity index (χ1) is 13.1. The van der Waals surface area contributed by atoms with Gasteiger partial charge in [-0.1, -0.05) is 47.2 Å². The molecule has 0 fully saturated rings. The molecule has 2 aromatic carbocycles. The summed E-state index contributed by atoms with van der Waals surface area (Å²) in [7, 11) is 0. The molecule has 2 heterocycles. The molecular weight excluding hydrogens is 356 g/mol. The summed E-state index contributed by atoms with van der Waals surface area (Å²) in [5.41, 5.74) is 4.23. The van der Waals surface area contributed by atoms with Crippen molar-refractivity contribution in [3.8, 4) is 0 Å². The van der Waals surface area contributed by atoms with Crippen molar-refractivity contribution in [2.75, 3.05) is 4.90 Å². The van der Waals surface area contributed by atoms with Crippen molar-refractivity contribution in [3.63, 3.8) is 0 Å². The topological polar surface area (TPSA) is 46.3 Å². The molecule has 0 aliphatic heterocycles. The van der Waals surface area contributed by atoms with Crippen LogP contribution in [-0.4, -0.2) is 10.9 Å². The lowest BCUT2D eigenvalue weighted by Crippen LogP contribution is -2.31. The van der Waals surface area contributed by atoms with Gasteiger partial charge in [-0.05, 0) is 49.2 Å². The Morgan fingerprint density at radius 3 is 2.74 bits per heavy atom. The van der Waals surface area contributed by atoms with Crippen LogP contribution < -0.4 is 4.90 Å². The predicted molar refractivity (Wildman–Crippen MR) is 109 cm³/mol. The summed E-state index contributed by atoms with van der Waals surface area (Å²) < 4.78 is 6.55. The minimum Gasteiger partial charge on any atom is -0.467 e. The predicted octanol–water partition coefficient (Wildman–Crippen LogP) is 5.28. The maximum Gasteiger partial charge on any atom is 0.233 e. The summed E-state index contributed by atoms with van der Waals surface area (Å²) in [6.45, 7) is 4.45. The van der Waals surface area contributed by atoms with E-state index in [9.17, 15) is 4.79 Å². The number of benzene rings is 2. The smallest absolute Gasteiger partial charge is 0.233 e. The Hall–Kier alpha value is -2.92. The molecule has 0 saturated carbocycles. The van der Waals surface area contributed by atoms with E-state index in [2.05, 4.69) is 23.2 Å². The van der Waals surface area contributed by atoms with Gasteiger partial charge in [-0.2, -0.15) is 0 Å². The highest BCUT2D eigenvalue weighted by molar-refractivity contribution is 7.22. The van der Waals surface area contributed by atoms with E-state index in [4.69, 9.17) is 4.42 Å². The second-order valence-corrected chi connectivity index (χ2v) is 7.64. The van der Waals surface area contributed by atoms with Crippen LogP contribution in [0.25, 0.3) is 10.2 Å². The fourth-order valence-corrected chi connectivity index (χ4v) is 4.03. The van der Waals surface area contributed by atoms with Crippen molar-refractivity contribution in [1.29, 1.82) is 0 Å². The molecule has 2 aromatic heterocycles. The van der Waals surface area contributed by atoms with Gasteiger partial charge in [-0.3, -0.25) is 9.69 Å². The molecule has 0 aliphatic carbocycles. The highest BCUT2D eigenvalue weighted by Crippen LogP contribution is 2.30. The zero-order valence-corrected chi connectivity index (χ0v) is 16.1. The number of hydrogen-bond acceptors (Lipinski definition) is 4. The first-order valence-corrected chi connectivity index (χ1v) is 9.66. The van der Waals surface area contributed by atoms with E-state index in [1.807, 2.05) is 50.2 Å². The molecule has 1 amide bonds. The molecule has 5 heteroatoms. The number of furan rings is 1. The van der Waals surface area contributed by atoms with Crippen LogP contribution in [0.15, 0.2) is 65.3 Å². The lowest BCUT2D eigenvalue weighted by molar-refractivity contribution is -0.118. The van der Waals surface area contributed by atoms with Gasteiger partial charge in [0.2, 0.25) is 5.91 Å². The first kappa shape index (κ1) is 17.5. The lowest BCUT2D eigenvalue weighted by Gasteiger charge is -2.19. The number of aromatic nitrogens is 1. The second kappa shape index (κ2) is 7.37. The molecule has 4 rings (SSSR count). The van der Waals surface area contributed by atoms with Crippen molar-refractivity contribution >= 4 is 32.6 Å². The fraction of sp³-hybridized carbons (Fsp3) is 0.182. The van der Waals surface area contributed by atoms with Crippen molar-refractivity contribution in [2.45, 2.75) is 26.8 Å². The van der Waals surface area contributed by atoms with Crippen molar-refractivity contribution < 1.29 is 9.21 Å². The molecule has 0 radical (unpaired) electrons. The van der Waals surface area contributed by atoms with Crippen LogP contribution >= 0.6 is 11.3 Å². The zero-order valence-electron chi connectivity index (χ0n) is 15.3. The van der Waals surface area contributed by atoms with Gasteiger partial charge in [0.25, 0.3) is 0 Å². The monoisotopic (exact) mass is 376 g/mol. The highest BCUT2D eigenvalue weighted by atomic mass is 32.1. The molecule has 0 unspecified atom stereocenters. The molecule has 0 N–H and O–H groups in total. The van der Waals surface area contributed by atoms with E-state index >= 15 is 0 Å². The number of fused-ring (bicyclic) bond motifs is 1. The standard InChI is InChI=1S/C22H20N2O2S/c1-15-9-10-16(2)17(12-15)13-21(25)24(14-18-6-5-11-26-18)22-23-19-7-3-4-8-20(19)27-22/h3-12H,13-14H2,1-2H3. The third-order valence-electron chi connectivity index (χ3n) is 4.55. The van der Waals surface area contributed by atoms with Crippen LogP contribution in [0.5, 0.6) is 0 Å². The number of anilines is 1. The molecule has 4 aromatic rings. The van der Waals surface area contributed by atoms with Crippen LogP contribution in [0.2, 0.25) is 0 Å². The summed E-state index contributed by atoms with van der Waals surface area (Å²) in [4.78, 5) is 19.6. The molecule has 4 nitrogen and oxygen atoms in total. The normalized spacial score (nSPS) is 11.0. The van der Waals surface area contributed by atoms with Crippen LogP contribution in [0, 0.1) is 13.8 Å². The molecule has 0 saturated heterocycles. The molecule has 0 aliphatic rings. The van der Waals surface area contributed by atoms with Crippen LogP contribution in [-0.2, 0) is 17.8 Å². The Kier molecular flexibility index (Phi) is 4.77. The van der Waals surface area contributed by atoms with Gasteiger partial charge < -0.3 is 4.42 Å². The number of hydrogen-bond donors (Lipinski definition) is 0. The summed E-state index contributed by atoms with van der Waals surface area (Å²) >= 11 is 1.53. The summed E-state index contributed by atoms with van der Waals surface area (Å²) in [6.07, 6.45) is 1.96. The Balaban J connectivity index is 1.68. The Labute approximate surface area is 162 Å². The van der Waals surface area contributed by atoms with Gasteiger partial charge in [0.05, 0.1) is 29.4 Å². The van der Waals surface area contributed by atoms with Crippen molar-refractivity contribution in [2.24, 2.45) is 0 Å². The van der Waals surface area contributed by atoms with Gasteiger partial charge in [0.1, 0.15) is 5.76 Å². The number of aryl methyl sites for hydroxylation is 2. The Morgan fingerprint density at radius 1 is 1.11 bits per heavy atom. The van der Waals surface area contributed by atoms with E-state index in [0.29, 0.717) is 18.1 Å². The van der Waals surface area contributed by atoms with Crippen molar-refractivity contribution in [1.82, 2.24) is 4.98 Å². The van der Waals surface area contributed by atoms with E-state index < -0.39 is 0 Å². The summed E-state index contributed by atoms with van der Waals surface area (Å²) in [5.74, 6) is 0.753. The number of para-hydroxylation sites is 1. The third kappa shape index (κ3) is 3.78. The highest BCUT2D eigenvalue weighted by Gasteiger charge is 2.22. The Morgan fingerprint density at radius 2 is 1.96 bits per heavy atom. The Bertz CT molecular complexity index is 1050. The van der Waals surface area contributed by atoms with Gasteiger partial charge >= 0.3 is 0 Å². The maximum absolute atomic E-state index is 13.2. The van der Waals surface area contributed by atoms with Crippen LogP contribution in [0.3, 0.4) is 0 Å². The number of carbonyl (C=O) groups is 1. The average molecular weight is 376 g/mol. The number of thiazole rings is 1. The zero-order chi connectivity index (χ0) is 18.8. The van der Waals surface area contributed by atoms with Crippen LogP contribution in [0.4, 0.5) is 5.13 Å². The number of carbonyl (C=O) groups excluding carboxylic acids is 1. The lowest BCUT2D eigenvalue weighted by atomic mass is 10.0. The van der Waals surface area contributed by atoms with Gasteiger partial charge in [0, 0.05) is 0 Å². The number of amides is 1. The second-order valence-electron chi connectivity index (χ2n) is 6.63. The fourth-order valence-electron chi connectivity index (χ4n) is 3.05. The van der Waals surface area contributed by atoms with E-state index in [-0.39, 0.29) is 5.91 Å². The van der Waals surface area contributed by atoms with Crippen molar-refractivity contribution in [3.05, 3.63) is 83.3 Å². The number of nitrogens with zero attached hydrogens (tertiary/aromatic N) is 2. The van der Waals surface area contributed by atoms with Crippen LogP contribution in [0.1, 0.15) is 22.5 Å². The molecule has 0 bridgehead atoms. The van der Waals surface area contributed by atoms with Gasteiger partial charge in [-0.25, -0.2) is 4.98 Å². The third-order valence-corrected chi connectivity index (χ3v) is 5.61. The first-order valence-electron chi connectivity index (χ1n) is 8.84. The average Bonchev–Trinajstić information content (AvgIpc) is 3.31. The minimum atomic E-state index is 0.0131. The quantitative estimate of drug-likeness (QED) is 0.476. The summed E-state index contributed by atoms with van der Waals surface area (Å²) in [5, 5.41) is 0.697. The SMILES string of the molecule is Cc1ccc(C)c(CC(=O)N(Cc2ccco2)c2nc3ccccc3s2)c1. The minimum absolute atomic E-state index is 0.0131. The molecular formula is C22H20N2O2S. The summed E-state index contributed by atoms with van der Waals surface area (Å²) in [6, 6.07) is 17.9. The molecule has 0 atom stereocenters. The largest absolute Gasteiger partial charge is 0.467 e. The van der Waals surface area contributed by atoms with E-state index in [1.165, 1.54) is 11.3 Å². The van der Waals surface area contributed by atoms with Gasteiger partial charge in [-0.15, -0.1) is 0 Å².